The van der Waals surface area contributed by atoms with Gasteiger partial charge in [-0.15, -0.1) is 0 Å². The van der Waals surface area contributed by atoms with Crippen molar-refractivity contribution in [2.45, 2.75) is 26.2 Å². The molecule has 0 fully saturated rings. The first-order chi connectivity index (χ1) is 8.11. The first kappa shape index (κ1) is 10.3. The Morgan fingerprint density at radius 3 is 2.29 bits per heavy atom. The second-order valence-electron chi connectivity index (χ2n) is 4.60. The highest BCUT2D eigenvalue weighted by atomic mass is 16.3. The average Bonchev–Trinajstić information content (AvgIpc) is 2.78. The van der Waals surface area contributed by atoms with Gasteiger partial charge in [0.05, 0.1) is 5.56 Å². The molecule has 0 atom stereocenters. The molecule has 0 unspecified atom stereocenters. The Morgan fingerprint density at radius 1 is 1.00 bits per heavy atom. The summed E-state index contributed by atoms with van der Waals surface area (Å²) < 4.78 is 0. The first-order valence-corrected chi connectivity index (χ1v) is 5.75. The molecule has 1 N–H and O–H groups in total. The van der Waals surface area contributed by atoms with Gasteiger partial charge in [-0.3, -0.25) is 9.59 Å². The molecular formula is C14H12O3. The number of aromatic hydroxyl groups is 1. The summed E-state index contributed by atoms with van der Waals surface area (Å²) in [5.74, 6) is -0.439. The number of fused-ring (bicyclic) bond motifs is 3. The maximum Gasteiger partial charge on any atom is 0.190 e. The van der Waals surface area contributed by atoms with Crippen molar-refractivity contribution in [2.24, 2.45) is 0 Å². The quantitative estimate of drug-likeness (QED) is 0.740. The Morgan fingerprint density at radius 2 is 1.59 bits per heavy atom. The molecule has 17 heavy (non-hydrogen) atoms. The summed E-state index contributed by atoms with van der Waals surface area (Å²) >= 11 is 0. The van der Waals surface area contributed by atoms with E-state index in [1.165, 1.54) is 12.2 Å². The van der Waals surface area contributed by atoms with Crippen LogP contribution in [0, 0.1) is 6.92 Å². The predicted molar refractivity (Wildman–Crippen MR) is 62.7 cm³/mol. The van der Waals surface area contributed by atoms with E-state index in [0.717, 1.165) is 36.0 Å². The molecule has 2 aliphatic rings. The molecule has 1 aromatic rings. The predicted octanol–water partition coefficient (Wildman–Crippen LogP) is 2.12. The number of phenols is 1. The van der Waals surface area contributed by atoms with Crippen LogP contribution in [0.15, 0.2) is 12.2 Å². The lowest BCUT2D eigenvalue weighted by Gasteiger charge is -2.18. The Hall–Kier alpha value is -1.90. The number of rotatable bonds is 0. The van der Waals surface area contributed by atoms with Gasteiger partial charge in [0.15, 0.2) is 11.6 Å². The molecule has 3 rings (SSSR count). The van der Waals surface area contributed by atoms with Gasteiger partial charge in [0.2, 0.25) is 0 Å². The van der Waals surface area contributed by atoms with E-state index in [0.29, 0.717) is 5.56 Å². The lowest BCUT2D eigenvalue weighted by Crippen LogP contribution is -2.16. The van der Waals surface area contributed by atoms with Crippen molar-refractivity contribution >= 4 is 11.6 Å². The summed E-state index contributed by atoms with van der Waals surface area (Å²) in [4.78, 5) is 23.7. The van der Waals surface area contributed by atoms with Crippen molar-refractivity contribution in [3.8, 4) is 5.75 Å². The molecule has 0 saturated carbocycles. The number of hydrogen-bond donors (Lipinski definition) is 1. The molecule has 2 aliphatic carbocycles. The van der Waals surface area contributed by atoms with Crippen LogP contribution in [0.4, 0.5) is 0 Å². The Labute approximate surface area is 98.8 Å². The molecular weight excluding hydrogens is 216 g/mol. The van der Waals surface area contributed by atoms with Crippen molar-refractivity contribution in [3.05, 3.63) is 40.0 Å². The second kappa shape index (κ2) is 3.29. The van der Waals surface area contributed by atoms with Crippen LogP contribution in [0.1, 0.15) is 43.8 Å². The average molecular weight is 228 g/mol. The van der Waals surface area contributed by atoms with Crippen LogP contribution in [0.2, 0.25) is 0 Å². The third kappa shape index (κ3) is 1.22. The van der Waals surface area contributed by atoms with E-state index >= 15 is 0 Å². The Kier molecular flexibility index (Phi) is 1.99. The van der Waals surface area contributed by atoms with Crippen LogP contribution < -0.4 is 0 Å². The highest BCUT2D eigenvalue weighted by Crippen LogP contribution is 2.39. The van der Waals surface area contributed by atoms with Crippen LogP contribution >= 0.6 is 0 Å². The van der Waals surface area contributed by atoms with Gasteiger partial charge in [-0.05, 0) is 55.0 Å². The van der Waals surface area contributed by atoms with Gasteiger partial charge in [-0.25, -0.2) is 0 Å². The number of allylic oxidation sites excluding steroid dienone is 2. The highest BCUT2D eigenvalue weighted by molar-refractivity contribution is 6.24. The number of carbonyl (C=O) groups excluding carboxylic acids is 2. The minimum atomic E-state index is -0.269. The second-order valence-corrected chi connectivity index (χ2v) is 4.60. The first-order valence-electron chi connectivity index (χ1n) is 5.75. The lowest BCUT2D eigenvalue weighted by atomic mass is 9.85. The summed E-state index contributed by atoms with van der Waals surface area (Å²) in [6, 6.07) is 0. The van der Waals surface area contributed by atoms with Crippen LogP contribution in [-0.4, -0.2) is 16.7 Å². The van der Waals surface area contributed by atoms with Gasteiger partial charge in [0, 0.05) is 5.56 Å². The van der Waals surface area contributed by atoms with Crippen LogP contribution in [-0.2, 0) is 12.8 Å². The fourth-order valence-corrected chi connectivity index (χ4v) is 2.86. The van der Waals surface area contributed by atoms with Crippen molar-refractivity contribution in [3.63, 3.8) is 0 Å². The molecule has 3 heteroatoms. The molecule has 0 amide bonds. The minimum absolute atomic E-state index is 0.0108. The van der Waals surface area contributed by atoms with Crippen LogP contribution in [0.5, 0.6) is 5.75 Å². The van der Waals surface area contributed by atoms with Crippen LogP contribution in [0.3, 0.4) is 0 Å². The molecule has 0 bridgehead atoms. The van der Waals surface area contributed by atoms with Crippen molar-refractivity contribution in [1.82, 2.24) is 0 Å². The molecule has 86 valence electrons. The monoisotopic (exact) mass is 228 g/mol. The summed E-state index contributed by atoms with van der Waals surface area (Å²) in [6.07, 6.45) is 5.24. The van der Waals surface area contributed by atoms with Gasteiger partial charge >= 0.3 is 0 Å². The number of carbonyl (C=O) groups is 2. The molecule has 0 aliphatic heterocycles. The van der Waals surface area contributed by atoms with Crippen molar-refractivity contribution in [1.29, 1.82) is 0 Å². The molecule has 0 heterocycles. The maximum absolute atomic E-state index is 11.9. The third-order valence-corrected chi connectivity index (χ3v) is 3.69. The van der Waals surface area contributed by atoms with Gasteiger partial charge in [0.25, 0.3) is 0 Å². The van der Waals surface area contributed by atoms with Gasteiger partial charge < -0.3 is 5.11 Å². The Bertz CT molecular complexity index is 594. The van der Waals surface area contributed by atoms with E-state index in [1.54, 1.807) is 0 Å². The topological polar surface area (TPSA) is 54.4 Å². The third-order valence-electron chi connectivity index (χ3n) is 3.69. The van der Waals surface area contributed by atoms with E-state index in [2.05, 4.69) is 0 Å². The van der Waals surface area contributed by atoms with Gasteiger partial charge in [0.1, 0.15) is 5.75 Å². The Balaban J connectivity index is 2.44. The normalized spacial score (nSPS) is 17.2. The van der Waals surface area contributed by atoms with Crippen LogP contribution in [0.25, 0.3) is 0 Å². The lowest BCUT2D eigenvalue weighted by molar-refractivity contribution is 0.0991. The summed E-state index contributed by atoms with van der Waals surface area (Å²) in [6.45, 7) is 1.82. The van der Waals surface area contributed by atoms with E-state index in [1.807, 2.05) is 6.92 Å². The molecule has 0 radical (unpaired) electrons. The van der Waals surface area contributed by atoms with Gasteiger partial charge in [-0.2, -0.15) is 0 Å². The van der Waals surface area contributed by atoms with Crippen molar-refractivity contribution in [2.75, 3.05) is 0 Å². The minimum Gasteiger partial charge on any atom is -0.507 e. The maximum atomic E-state index is 11.9. The summed E-state index contributed by atoms with van der Waals surface area (Å²) in [5.41, 5.74) is 3.42. The largest absolute Gasteiger partial charge is 0.507 e. The number of benzene rings is 1. The summed E-state index contributed by atoms with van der Waals surface area (Å²) in [7, 11) is 0. The van der Waals surface area contributed by atoms with E-state index in [9.17, 15) is 14.7 Å². The van der Waals surface area contributed by atoms with E-state index < -0.39 is 0 Å². The van der Waals surface area contributed by atoms with E-state index in [4.69, 9.17) is 0 Å². The molecule has 1 aromatic carbocycles. The zero-order chi connectivity index (χ0) is 12.2. The number of ketones is 2. The smallest absolute Gasteiger partial charge is 0.190 e. The summed E-state index contributed by atoms with van der Waals surface area (Å²) in [5, 5.41) is 10.1. The standard InChI is InChI=1S/C14H12O3/c1-7-8-3-2-4-9(8)12-10(15)5-6-11(16)13(12)14(7)17/h5-6,17H,2-4H2,1H3. The molecule has 0 aromatic heterocycles. The SMILES string of the molecule is Cc1c(O)c2c(c3c1CCC3)C(=O)C=CC2=O. The van der Waals surface area contributed by atoms with Gasteiger partial charge in [-0.1, -0.05) is 0 Å². The molecule has 0 saturated heterocycles. The van der Waals surface area contributed by atoms with Crippen molar-refractivity contribution < 1.29 is 14.7 Å². The zero-order valence-corrected chi connectivity index (χ0v) is 9.54. The number of hydrogen-bond acceptors (Lipinski definition) is 3. The fourth-order valence-electron chi connectivity index (χ4n) is 2.86. The zero-order valence-electron chi connectivity index (χ0n) is 9.54. The fraction of sp³-hybridized carbons (Fsp3) is 0.286. The number of phenolic OH excluding ortho intramolecular Hbond substituents is 1. The highest BCUT2D eigenvalue weighted by Gasteiger charge is 2.31. The molecule has 3 nitrogen and oxygen atoms in total. The molecule has 0 spiro atoms. The van der Waals surface area contributed by atoms with E-state index in [-0.39, 0.29) is 22.9 Å².